The monoisotopic (exact) mass is 633 g/mol. The predicted molar refractivity (Wildman–Crippen MR) is 171 cm³/mol. The minimum Gasteiger partial charge on any atom is -0.443 e. The highest BCUT2D eigenvalue weighted by Gasteiger charge is 2.43. The summed E-state index contributed by atoms with van der Waals surface area (Å²) in [5.41, 5.74) is -0.0116. The number of nitrogens with zero attached hydrogens (tertiary/aromatic N) is 4. The van der Waals surface area contributed by atoms with Crippen LogP contribution in [0.5, 0.6) is 0 Å². The summed E-state index contributed by atoms with van der Waals surface area (Å²) in [6.07, 6.45) is -2.04. The lowest BCUT2D eigenvalue weighted by Crippen LogP contribution is -2.63. The summed E-state index contributed by atoms with van der Waals surface area (Å²) >= 11 is 0. The highest BCUT2D eigenvalue weighted by Crippen LogP contribution is 2.30. The highest BCUT2D eigenvalue weighted by atomic mass is 16.6. The lowest BCUT2D eigenvalue weighted by atomic mass is 10.0. The van der Waals surface area contributed by atoms with Crippen LogP contribution in [0.25, 0.3) is 10.8 Å². The van der Waals surface area contributed by atoms with E-state index in [2.05, 4.69) is 10.3 Å². The minimum absolute atomic E-state index is 0.0514. The number of piperazine rings is 1. The molecule has 13 heteroatoms. The number of aryl methyl sites for hydroxylation is 1. The van der Waals surface area contributed by atoms with Gasteiger partial charge < -0.3 is 29.7 Å². The Balaban J connectivity index is 1.61. The number of amides is 5. The maximum atomic E-state index is 13.4. The minimum atomic E-state index is -1.88. The molecule has 2 heterocycles. The highest BCUT2D eigenvalue weighted by molar-refractivity contribution is 6.14. The number of aliphatic hydroxyl groups is 1. The number of aliphatic hydroxyl groups excluding tert-OH is 1. The zero-order chi connectivity index (χ0) is 34.0. The van der Waals surface area contributed by atoms with Crippen molar-refractivity contribution in [2.45, 2.75) is 71.8 Å². The molecule has 3 aromatic rings. The van der Waals surface area contributed by atoms with Gasteiger partial charge in [-0.25, -0.2) is 14.6 Å². The van der Waals surface area contributed by atoms with Gasteiger partial charge in [-0.3, -0.25) is 14.4 Å². The molecule has 2 aromatic carbocycles. The van der Waals surface area contributed by atoms with Gasteiger partial charge in [0.05, 0.1) is 0 Å². The lowest BCUT2D eigenvalue weighted by Gasteiger charge is -2.40. The van der Waals surface area contributed by atoms with Gasteiger partial charge in [-0.15, -0.1) is 0 Å². The quantitative estimate of drug-likeness (QED) is 0.376. The first-order valence-electron chi connectivity index (χ1n) is 14.7. The summed E-state index contributed by atoms with van der Waals surface area (Å²) in [6, 6.07) is 11.9. The van der Waals surface area contributed by atoms with Crippen LogP contribution in [0, 0.1) is 6.92 Å². The van der Waals surface area contributed by atoms with E-state index in [4.69, 9.17) is 9.47 Å². The van der Waals surface area contributed by atoms with Gasteiger partial charge in [0.15, 0.2) is 11.9 Å². The molecule has 0 aliphatic carbocycles. The molecule has 2 N–H and O–H groups in total. The molecule has 0 spiro atoms. The maximum absolute atomic E-state index is 13.4. The van der Waals surface area contributed by atoms with E-state index in [1.165, 1.54) is 23.2 Å². The van der Waals surface area contributed by atoms with E-state index in [9.17, 15) is 29.1 Å². The Morgan fingerprint density at radius 2 is 1.59 bits per heavy atom. The van der Waals surface area contributed by atoms with Gasteiger partial charge in [-0.2, -0.15) is 4.90 Å². The molecule has 46 heavy (non-hydrogen) atoms. The normalized spacial score (nSPS) is 16.1. The van der Waals surface area contributed by atoms with Crippen molar-refractivity contribution >= 4 is 58.4 Å². The van der Waals surface area contributed by atoms with Crippen molar-refractivity contribution in [3.63, 3.8) is 0 Å². The summed E-state index contributed by atoms with van der Waals surface area (Å²) in [7, 11) is 0. The number of fused-ring (bicyclic) bond motifs is 1. The van der Waals surface area contributed by atoms with Crippen molar-refractivity contribution in [2.75, 3.05) is 28.2 Å². The Kier molecular flexibility index (Phi) is 9.66. The van der Waals surface area contributed by atoms with Crippen LogP contribution in [0.15, 0.2) is 54.7 Å². The molecular formula is C33H39N5O8. The molecule has 1 aliphatic rings. The van der Waals surface area contributed by atoms with Crippen LogP contribution in [-0.4, -0.2) is 81.8 Å². The average molecular weight is 634 g/mol. The molecule has 1 aromatic heterocycles. The molecule has 5 amide bonds. The zero-order valence-corrected chi connectivity index (χ0v) is 26.9. The first-order valence-corrected chi connectivity index (χ1v) is 14.7. The second kappa shape index (κ2) is 13.1. The number of hydrogen-bond acceptors (Lipinski definition) is 9. The van der Waals surface area contributed by atoms with E-state index in [-0.39, 0.29) is 24.6 Å². The van der Waals surface area contributed by atoms with Crippen molar-refractivity contribution in [1.29, 1.82) is 0 Å². The molecule has 1 aliphatic heterocycles. The van der Waals surface area contributed by atoms with Crippen LogP contribution in [0.1, 0.15) is 47.1 Å². The van der Waals surface area contributed by atoms with Crippen LogP contribution in [0.3, 0.4) is 0 Å². The molecule has 13 nitrogen and oxygen atoms in total. The Hall–Kier alpha value is -5.04. The van der Waals surface area contributed by atoms with Crippen molar-refractivity contribution in [3.8, 4) is 0 Å². The second-order valence-corrected chi connectivity index (χ2v) is 12.9. The van der Waals surface area contributed by atoms with Gasteiger partial charge in [0.1, 0.15) is 17.2 Å². The average Bonchev–Trinajstić information content (AvgIpc) is 2.95. The van der Waals surface area contributed by atoms with Gasteiger partial charge in [-0.05, 0) is 90.3 Å². The first-order chi connectivity index (χ1) is 21.5. The second-order valence-electron chi connectivity index (χ2n) is 12.9. The molecule has 0 radical (unpaired) electrons. The van der Waals surface area contributed by atoms with Crippen LogP contribution < -0.4 is 15.1 Å². The largest absolute Gasteiger partial charge is 0.443 e. The molecule has 2 atom stereocenters. The van der Waals surface area contributed by atoms with Crippen LogP contribution in [-0.2, 0) is 23.9 Å². The third-order valence-corrected chi connectivity index (χ3v) is 6.88. The molecule has 0 saturated carbocycles. The number of anilines is 3. The number of aromatic nitrogens is 1. The van der Waals surface area contributed by atoms with E-state index in [0.29, 0.717) is 27.8 Å². The number of benzene rings is 2. The van der Waals surface area contributed by atoms with Crippen LogP contribution in [0.2, 0.25) is 0 Å². The maximum Gasteiger partial charge on any atom is 0.425 e. The first kappa shape index (κ1) is 33.8. The predicted octanol–water partition coefficient (Wildman–Crippen LogP) is 4.39. The Bertz CT molecular complexity index is 1620. The number of hydrogen-bond donors (Lipinski definition) is 2. The summed E-state index contributed by atoms with van der Waals surface area (Å²) < 4.78 is 10.9. The van der Waals surface area contributed by atoms with Crippen molar-refractivity contribution in [3.05, 3.63) is 60.3 Å². The Labute approximate surface area is 267 Å². The fourth-order valence-corrected chi connectivity index (χ4v) is 4.82. The topological polar surface area (TPSA) is 159 Å². The summed E-state index contributed by atoms with van der Waals surface area (Å²) in [5, 5.41) is 14.5. The fourth-order valence-electron chi connectivity index (χ4n) is 4.82. The van der Waals surface area contributed by atoms with Gasteiger partial charge in [0.25, 0.3) is 11.8 Å². The molecular weight excluding hydrogens is 594 g/mol. The number of imide groups is 1. The number of pyridine rings is 1. The molecule has 4 rings (SSSR count). The summed E-state index contributed by atoms with van der Waals surface area (Å²) in [5.74, 6) is -1.55. The molecule has 244 valence electrons. The van der Waals surface area contributed by atoms with E-state index in [0.717, 1.165) is 10.5 Å². The Morgan fingerprint density at radius 1 is 0.978 bits per heavy atom. The fraction of sp³-hybridized carbons (Fsp3) is 0.394. The zero-order valence-electron chi connectivity index (χ0n) is 26.9. The number of ether oxygens (including phenoxy) is 2. The molecule has 1 saturated heterocycles. The van der Waals surface area contributed by atoms with Gasteiger partial charge in [0, 0.05) is 36.0 Å². The molecule has 0 bridgehead atoms. The van der Waals surface area contributed by atoms with Crippen LogP contribution in [0.4, 0.5) is 26.8 Å². The SMILES string of the molecule is Cc1ccc(N2CCN(C=O)C(C(O)C(=O)Nc3ccc4c(N(C(=O)OC(C)(C)C)C(=O)OC(C)(C)C)nccc4c3)C2=O)cc1. The van der Waals surface area contributed by atoms with Gasteiger partial charge >= 0.3 is 12.2 Å². The van der Waals surface area contributed by atoms with Gasteiger partial charge in [0.2, 0.25) is 6.41 Å². The number of carbonyl (C=O) groups is 5. The van der Waals surface area contributed by atoms with Gasteiger partial charge in [-0.1, -0.05) is 17.7 Å². The molecule has 2 unspecified atom stereocenters. The van der Waals surface area contributed by atoms with E-state index >= 15 is 0 Å². The van der Waals surface area contributed by atoms with E-state index in [1.807, 2.05) is 19.1 Å². The number of rotatable bonds is 6. The van der Waals surface area contributed by atoms with Crippen molar-refractivity contribution < 1.29 is 38.6 Å². The number of nitrogens with one attached hydrogen (secondary N) is 1. The third kappa shape index (κ3) is 7.78. The smallest absolute Gasteiger partial charge is 0.425 e. The lowest BCUT2D eigenvalue weighted by molar-refractivity contribution is -0.143. The summed E-state index contributed by atoms with van der Waals surface area (Å²) in [6.45, 7) is 12.2. The third-order valence-electron chi connectivity index (χ3n) is 6.88. The number of carbonyl (C=O) groups excluding carboxylic acids is 5. The van der Waals surface area contributed by atoms with Crippen LogP contribution >= 0.6 is 0 Å². The van der Waals surface area contributed by atoms with E-state index < -0.39 is 47.3 Å². The van der Waals surface area contributed by atoms with E-state index in [1.54, 1.807) is 65.8 Å². The molecule has 1 fully saturated rings. The Morgan fingerprint density at radius 3 is 2.15 bits per heavy atom. The van der Waals surface area contributed by atoms with Crippen molar-refractivity contribution in [1.82, 2.24) is 9.88 Å². The van der Waals surface area contributed by atoms with Crippen molar-refractivity contribution in [2.24, 2.45) is 0 Å². The standard InChI is InChI=1S/C33H39N5O8/c1-20-8-11-23(12-9-20)37-17-16-36(19-39)25(29(37)42)26(40)28(41)35-22-10-13-24-21(18-22)14-15-34-27(24)38(30(43)45-32(2,3)4)31(44)46-33(5,6)7/h8-15,18-19,25-26,40H,16-17H2,1-7H3,(H,35,41). The summed E-state index contributed by atoms with van der Waals surface area (Å²) in [4.78, 5) is 72.4.